The largest absolute Gasteiger partial charge is 0.381 e. The Morgan fingerprint density at radius 1 is 1.36 bits per heavy atom. The van der Waals surface area contributed by atoms with Crippen molar-refractivity contribution in [1.82, 2.24) is 0 Å². The number of hydrogen-bond donors (Lipinski definition) is 0. The molecule has 2 heteroatoms. The molecular weight excluding hydrogens is 240 g/mol. The van der Waals surface area contributed by atoms with Crippen LogP contribution in [0, 0.1) is 0 Å². The molecule has 0 heterocycles. The summed E-state index contributed by atoms with van der Waals surface area (Å²) in [7, 11) is 0. The summed E-state index contributed by atoms with van der Waals surface area (Å²) >= 11 is 3.50. The van der Waals surface area contributed by atoms with Crippen LogP contribution in [0.15, 0.2) is 34.8 Å². The quantitative estimate of drug-likeness (QED) is 0.725. The van der Waals surface area contributed by atoms with Crippen molar-refractivity contribution < 1.29 is 4.74 Å². The molecule has 0 radical (unpaired) electrons. The normalized spacial score (nSPS) is 11.0. The van der Waals surface area contributed by atoms with Gasteiger partial charge in [0.05, 0.1) is 0 Å². The number of halogens is 1. The van der Waals surface area contributed by atoms with Crippen molar-refractivity contribution in [2.24, 2.45) is 0 Å². The summed E-state index contributed by atoms with van der Waals surface area (Å²) in [4.78, 5) is 0. The minimum Gasteiger partial charge on any atom is -0.381 e. The van der Waals surface area contributed by atoms with Gasteiger partial charge in [-0.25, -0.2) is 0 Å². The van der Waals surface area contributed by atoms with Crippen molar-refractivity contribution in [1.29, 1.82) is 0 Å². The molecule has 0 amide bonds. The Morgan fingerprint density at radius 3 is 2.86 bits per heavy atom. The predicted molar refractivity (Wildman–Crippen MR) is 64.3 cm³/mol. The third-order valence-electron chi connectivity index (χ3n) is 1.84. The Hall–Kier alpha value is -0.600. The summed E-state index contributed by atoms with van der Waals surface area (Å²) in [5.74, 6) is 0. The van der Waals surface area contributed by atoms with Crippen LogP contribution in [0.25, 0.3) is 6.08 Å². The number of ether oxygens (including phenoxy) is 1. The predicted octanol–water partition coefficient (Wildman–Crippen LogP) is 3.89. The standard InChI is InChI=1S/C12H15BrO/c1-2-14-10-6-5-8-11-7-3-4-9-12(11)13/h3-5,7-9H,2,6,10H2,1H3/b8-5+. The fraction of sp³-hybridized carbons (Fsp3) is 0.333. The van der Waals surface area contributed by atoms with Gasteiger partial charge >= 0.3 is 0 Å². The summed E-state index contributed by atoms with van der Waals surface area (Å²) in [5.41, 5.74) is 1.21. The van der Waals surface area contributed by atoms with Crippen molar-refractivity contribution in [3.05, 3.63) is 40.4 Å². The third kappa shape index (κ3) is 4.07. The second-order valence-electron chi connectivity index (χ2n) is 2.91. The van der Waals surface area contributed by atoms with Crippen LogP contribution in [0.5, 0.6) is 0 Å². The van der Waals surface area contributed by atoms with Crippen LogP contribution in [0.3, 0.4) is 0 Å². The van der Waals surface area contributed by atoms with E-state index in [0.717, 1.165) is 24.1 Å². The molecule has 0 aromatic heterocycles. The molecule has 14 heavy (non-hydrogen) atoms. The number of rotatable bonds is 5. The zero-order chi connectivity index (χ0) is 10.2. The smallest absolute Gasteiger partial charge is 0.0500 e. The molecule has 0 saturated carbocycles. The van der Waals surface area contributed by atoms with E-state index in [1.807, 2.05) is 25.1 Å². The van der Waals surface area contributed by atoms with Gasteiger partial charge in [-0.15, -0.1) is 0 Å². The SMILES string of the molecule is CCOCC/C=C/c1ccccc1Br. The average Bonchev–Trinajstić information content (AvgIpc) is 2.20. The van der Waals surface area contributed by atoms with Crippen molar-refractivity contribution >= 4 is 22.0 Å². The fourth-order valence-corrected chi connectivity index (χ4v) is 1.53. The zero-order valence-electron chi connectivity index (χ0n) is 8.37. The van der Waals surface area contributed by atoms with Gasteiger partial charge in [-0.2, -0.15) is 0 Å². The molecule has 0 spiro atoms. The van der Waals surface area contributed by atoms with Gasteiger partial charge < -0.3 is 4.74 Å². The van der Waals surface area contributed by atoms with Crippen LogP contribution in [0.1, 0.15) is 18.9 Å². The molecule has 0 unspecified atom stereocenters. The van der Waals surface area contributed by atoms with E-state index < -0.39 is 0 Å². The Balaban J connectivity index is 2.40. The van der Waals surface area contributed by atoms with Gasteiger partial charge in [0.25, 0.3) is 0 Å². The van der Waals surface area contributed by atoms with Gasteiger partial charge in [-0.05, 0) is 25.0 Å². The molecule has 0 aliphatic carbocycles. The van der Waals surface area contributed by atoms with Crippen LogP contribution in [0.2, 0.25) is 0 Å². The first-order chi connectivity index (χ1) is 6.84. The van der Waals surface area contributed by atoms with E-state index in [-0.39, 0.29) is 0 Å². The first-order valence-electron chi connectivity index (χ1n) is 4.83. The van der Waals surface area contributed by atoms with Crippen molar-refractivity contribution in [2.45, 2.75) is 13.3 Å². The molecule has 0 aliphatic rings. The van der Waals surface area contributed by atoms with Gasteiger partial charge in [-0.3, -0.25) is 0 Å². The van der Waals surface area contributed by atoms with Gasteiger partial charge in [-0.1, -0.05) is 46.3 Å². The molecule has 0 fully saturated rings. The summed E-state index contributed by atoms with van der Waals surface area (Å²) in [6.07, 6.45) is 5.22. The Labute approximate surface area is 93.9 Å². The topological polar surface area (TPSA) is 9.23 Å². The molecule has 0 atom stereocenters. The fourth-order valence-electron chi connectivity index (χ4n) is 1.12. The van der Waals surface area contributed by atoms with E-state index in [2.05, 4.69) is 34.1 Å². The highest BCUT2D eigenvalue weighted by Crippen LogP contribution is 2.17. The van der Waals surface area contributed by atoms with Gasteiger partial charge in [0.2, 0.25) is 0 Å². The van der Waals surface area contributed by atoms with Crippen molar-refractivity contribution in [3.63, 3.8) is 0 Å². The van der Waals surface area contributed by atoms with Crippen LogP contribution < -0.4 is 0 Å². The first-order valence-corrected chi connectivity index (χ1v) is 5.62. The lowest BCUT2D eigenvalue weighted by Gasteiger charge is -1.97. The van der Waals surface area contributed by atoms with Crippen LogP contribution in [0.4, 0.5) is 0 Å². The molecule has 1 aromatic rings. The Bertz CT molecular complexity index is 294. The maximum atomic E-state index is 5.24. The van der Waals surface area contributed by atoms with E-state index >= 15 is 0 Å². The summed E-state index contributed by atoms with van der Waals surface area (Å²) < 4.78 is 6.37. The van der Waals surface area contributed by atoms with Crippen LogP contribution in [-0.4, -0.2) is 13.2 Å². The van der Waals surface area contributed by atoms with E-state index in [4.69, 9.17) is 4.74 Å². The van der Waals surface area contributed by atoms with Gasteiger partial charge in [0.1, 0.15) is 0 Å². The van der Waals surface area contributed by atoms with Crippen LogP contribution >= 0.6 is 15.9 Å². The molecule has 1 nitrogen and oxygen atoms in total. The maximum absolute atomic E-state index is 5.24. The van der Waals surface area contributed by atoms with Gasteiger partial charge in [0.15, 0.2) is 0 Å². The van der Waals surface area contributed by atoms with Crippen molar-refractivity contribution in [2.75, 3.05) is 13.2 Å². The van der Waals surface area contributed by atoms with Gasteiger partial charge in [0, 0.05) is 17.7 Å². The summed E-state index contributed by atoms with van der Waals surface area (Å²) in [5, 5.41) is 0. The lowest BCUT2D eigenvalue weighted by Crippen LogP contribution is -1.90. The van der Waals surface area contributed by atoms with E-state index in [0.29, 0.717) is 0 Å². The number of benzene rings is 1. The zero-order valence-corrected chi connectivity index (χ0v) is 9.96. The summed E-state index contributed by atoms with van der Waals surface area (Å²) in [6, 6.07) is 8.18. The molecule has 0 aliphatic heterocycles. The first kappa shape index (κ1) is 11.5. The van der Waals surface area contributed by atoms with Crippen LogP contribution in [-0.2, 0) is 4.74 Å². The van der Waals surface area contributed by atoms with E-state index in [9.17, 15) is 0 Å². The molecule has 0 N–H and O–H groups in total. The molecule has 1 rings (SSSR count). The highest BCUT2D eigenvalue weighted by atomic mass is 79.9. The van der Waals surface area contributed by atoms with Crippen molar-refractivity contribution in [3.8, 4) is 0 Å². The second-order valence-corrected chi connectivity index (χ2v) is 3.76. The maximum Gasteiger partial charge on any atom is 0.0500 e. The van der Waals surface area contributed by atoms with E-state index in [1.54, 1.807) is 0 Å². The number of hydrogen-bond acceptors (Lipinski definition) is 1. The highest BCUT2D eigenvalue weighted by Gasteiger charge is 1.91. The Kier molecular flexibility index (Phi) is 5.57. The Morgan fingerprint density at radius 2 is 2.14 bits per heavy atom. The molecule has 0 bridgehead atoms. The lowest BCUT2D eigenvalue weighted by atomic mass is 10.2. The minimum absolute atomic E-state index is 0.795. The average molecular weight is 255 g/mol. The third-order valence-corrected chi connectivity index (χ3v) is 2.56. The highest BCUT2D eigenvalue weighted by molar-refractivity contribution is 9.10. The monoisotopic (exact) mass is 254 g/mol. The van der Waals surface area contributed by atoms with E-state index in [1.165, 1.54) is 5.56 Å². The second kappa shape index (κ2) is 6.80. The minimum atomic E-state index is 0.795. The molecule has 76 valence electrons. The molecule has 1 aromatic carbocycles. The summed E-state index contributed by atoms with van der Waals surface area (Å²) in [6.45, 7) is 3.61. The molecular formula is C12H15BrO. The molecule has 0 saturated heterocycles. The lowest BCUT2D eigenvalue weighted by molar-refractivity contribution is 0.152.